The number of benzene rings is 1. The summed E-state index contributed by atoms with van der Waals surface area (Å²) in [6.07, 6.45) is 0. The number of nitrogens with two attached hydrogens (primary N) is 1. The van der Waals surface area contributed by atoms with Crippen LogP contribution < -0.4 is 19.9 Å². The lowest BCUT2D eigenvalue weighted by atomic mass is 10.3. The molecule has 2 aromatic rings. The first kappa shape index (κ1) is 12.2. The third-order valence-electron chi connectivity index (χ3n) is 2.36. The predicted octanol–water partition coefficient (Wildman–Crippen LogP) is 0.877. The van der Waals surface area contributed by atoms with Crippen molar-refractivity contribution in [3.05, 3.63) is 30.3 Å². The maximum absolute atomic E-state index is 12.4. The first-order valence-corrected chi connectivity index (χ1v) is 7.11. The average Bonchev–Trinajstić information content (AvgIpc) is 2.51. The normalized spacial score (nSPS) is 12.3. The van der Waals surface area contributed by atoms with E-state index in [0.717, 1.165) is 12.1 Å². The van der Waals surface area contributed by atoms with Crippen LogP contribution in [0.15, 0.2) is 35.2 Å². The number of rotatable bonds is 5. The van der Waals surface area contributed by atoms with Crippen LogP contribution in [0.25, 0.3) is 0 Å². The highest BCUT2D eigenvalue weighted by Crippen LogP contribution is 2.20. The largest absolute Gasteiger partial charge is 0.481 e. The van der Waals surface area contributed by atoms with Crippen LogP contribution in [0, 0.1) is 0 Å². The van der Waals surface area contributed by atoms with E-state index in [1.807, 2.05) is 0 Å². The number of nitrogens with zero attached hydrogens (tertiary/aromatic N) is 2. The molecule has 0 spiro atoms. The molecule has 0 aliphatic carbocycles. The van der Waals surface area contributed by atoms with E-state index in [1.165, 1.54) is 20.3 Å². The highest BCUT2D eigenvalue weighted by Gasteiger charge is 2.16. The summed E-state index contributed by atoms with van der Waals surface area (Å²) in [6.45, 7) is 0. The first-order chi connectivity index (χ1) is 10.8. The van der Waals surface area contributed by atoms with Gasteiger partial charge in [-0.15, -0.1) is 0 Å². The second-order valence-electron chi connectivity index (χ2n) is 3.78. The van der Waals surface area contributed by atoms with E-state index in [-0.39, 0.29) is 40.4 Å². The van der Waals surface area contributed by atoms with Gasteiger partial charge in [0.05, 0.1) is 21.9 Å². The Morgan fingerprint density at radius 3 is 2.48 bits per heavy atom. The van der Waals surface area contributed by atoms with E-state index in [9.17, 15) is 8.42 Å². The molecule has 0 aliphatic heterocycles. The second-order valence-corrected chi connectivity index (χ2v) is 5.46. The average molecular weight is 312 g/mol. The smallest absolute Gasteiger partial charge is 0.321 e. The van der Waals surface area contributed by atoms with Crippen LogP contribution in [-0.2, 0) is 10.0 Å². The van der Waals surface area contributed by atoms with E-state index in [0.29, 0.717) is 0 Å². The summed E-state index contributed by atoms with van der Waals surface area (Å²) in [5, 5.41) is 0. The van der Waals surface area contributed by atoms with Gasteiger partial charge in [0, 0.05) is 11.8 Å². The maximum atomic E-state index is 12.4. The van der Waals surface area contributed by atoms with Crippen LogP contribution in [0.3, 0.4) is 0 Å². The van der Waals surface area contributed by atoms with Crippen LogP contribution >= 0.6 is 0 Å². The summed E-state index contributed by atoms with van der Waals surface area (Å²) in [4.78, 5) is 7.42. The number of hydrogen-bond donors (Lipinski definition) is 2. The van der Waals surface area contributed by atoms with Crippen LogP contribution in [-0.4, -0.2) is 32.6 Å². The van der Waals surface area contributed by atoms with Gasteiger partial charge in [-0.1, -0.05) is 0 Å². The number of ether oxygens (including phenoxy) is 2. The van der Waals surface area contributed by atoms with Crippen molar-refractivity contribution in [2.45, 2.75) is 4.90 Å². The third kappa shape index (κ3) is 3.51. The van der Waals surface area contributed by atoms with Crippen molar-refractivity contribution in [2.75, 3.05) is 24.7 Å². The minimum Gasteiger partial charge on any atom is -0.481 e. The molecule has 0 fully saturated rings. The van der Waals surface area contributed by atoms with Crippen LogP contribution in [0.4, 0.5) is 11.5 Å². The second kappa shape index (κ2) is 5.83. The van der Waals surface area contributed by atoms with Crippen LogP contribution in [0.1, 0.15) is 2.74 Å². The van der Waals surface area contributed by atoms with Crippen molar-refractivity contribution >= 4 is 21.5 Å². The van der Waals surface area contributed by atoms with Gasteiger partial charge < -0.3 is 15.2 Å². The minimum absolute atomic E-state index is 0.0800. The first-order valence-electron chi connectivity index (χ1n) is 6.63. The van der Waals surface area contributed by atoms with Crippen molar-refractivity contribution in [1.82, 2.24) is 9.97 Å². The molecule has 112 valence electrons. The molecule has 2 rings (SSSR count). The van der Waals surface area contributed by atoms with Gasteiger partial charge in [0.15, 0.2) is 5.82 Å². The fourth-order valence-corrected chi connectivity index (χ4v) is 2.31. The number of methoxy groups -OCH3 is 2. The van der Waals surface area contributed by atoms with E-state index < -0.39 is 10.0 Å². The lowest BCUT2D eigenvalue weighted by molar-refractivity contribution is 0.353. The van der Waals surface area contributed by atoms with Gasteiger partial charge in [-0.2, -0.15) is 9.97 Å². The number of hydrogen-bond acceptors (Lipinski definition) is 7. The zero-order valence-electron chi connectivity index (χ0n) is 13.2. The van der Waals surface area contributed by atoms with Gasteiger partial charge >= 0.3 is 6.01 Å². The fraction of sp³-hybridized carbons (Fsp3) is 0.167. The summed E-state index contributed by atoms with van der Waals surface area (Å²) < 4.78 is 51.9. The molecule has 0 radical (unpaired) electrons. The highest BCUT2D eigenvalue weighted by atomic mass is 32.2. The molecule has 0 atom stereocenters. The molecule has 21 heavy (non-hydrogen) atoms. The highest BCUT2D eigenvalue weighted by molar-refractivity contribution is 7.92. The Morgan fingerprint density at radius 1 is 1.24 bits per heavy atom. The van der Waals surface area contributed by atoms with Crippen molar-refractivity contribution in [3.8, 4) is 11.9 Å². The molecule has 1 aromatic carbocycles. The van der Waals surface area contributed by atoms with E-state index >= 15 is 0 Å². The van der Waals surface area contributed by atoms with Gasteiger partial charge in [-0.25, -0.2) is 8.42 Å². The maximum Gasteiger partial charge on any atom is 0.321 e. The predicted molar refractivity (Wildman–Crippen MR) is 76.8 cm³/mol. The van der Waals surface area contributed by atoms with Crippen LogP contribution in [0.2, 0.25) is 0 Å². The summed E-state index contributed by atoms with van der Waals surface area (Å²) in [6, 6.07) is 2.77. The van der Waals surface area contributed by atoms with Crippen molar-refractivity contribution in [1.29, 1.82) is 0 Å². The Kier molecular flexibility index (Phi) is 3.39. The van der Waals surface area contributed by atoms with Gasteiger partial charge in [0.1, 0.15) is 0 Å². The van der Waals surface area contributed by atoms with Gasteiger partial charge in [0.2, 0.25) is 5.88 Å². The molecular weight excluding hydrogens is 296 g/mol. The molecular formula is C12H14N4O4S. The molecule has 8 nitrogen and oxygen atoms in total. The number of aromatic nitrogens is 2. The molecule has 0 bridgehead atoms. The van der Waals surface area contributed by atoms with Crippen molar-refractivity contribution in [2.24, 2.45) is 0 Å². The van der Waals surface area contributed by atoms with Crippen molar-refractivity contribution < 1.29 is 20.6 Å². The van der Waals surface area contributed by atoms with E-state index in [4.69, 9.17) is 17.9 Å². The Hall–Kier alpha value is -2.55. The van der Waals surface area contributed by atoms with Gasteiger partial charge in [0.25, 0.3) is 10.0 Å². The van der Waals surface area contributed by atoms with Crippen LogP contribution in [0.5, 0.6) is 11.9 Å². The zero-order valence-corrected chi connectivity index (χ0v) is 12.1. The molecule has 1 aromatic heterocycles. The topological polar surface area (TPSA) is 116 Å². The SMILES string of the molecule is [2H]c1cc(S(=O)(=O)Nc2cc(OC)nc(OC)n2)cc([2H])c1N. The van der Waals surface area contributed by atoms with Gasteiger partial charge in [-0.3, -0.25) is 4.72 Å². The monoisotopic (exact) mass is 312 g/mol. The lowest BCUT2D eigenvalue weighted by Crippen LogP contribution is -2.14. The molecule has 0 saturated carbocycles. The number of nitrogens with one attached hydrogen (secondary N) is 1. The summed E-state index contributed by atoms with van der Waals surface area (Å²) >= 11 is 0. The molecule has 3 N–H and O–H groups in total. The third-order valence-corrected chi connectivity index (χ3v) is 3.70. The summed E-state index contributed by atoms with van der Waals surface area (Å²) in [7, 11) is -1.39. The minimum atomic E-state index is -4.07. The molecule has 0 saturated heterocycles. The Bertz CT molecular complexity index is 800. The van der Waals surface area contributed by atoms with Gasteiger partial charge in [-0.05, 0) is 24.2 Å². The molecule has 0 amide bonds. The van der Waals surface area contributed by atoms with E-state index in [1.54, 1.807) is 0 Å². The summed E-state index contributed by atoms with van der Waals surface area (Å²) in [5.41, 5.74) is 5.38. The Balaban J connectivity index is 2.42. The standard InChI is InChI=1S/C12H14N4O4S/c1-19-11-7-10(14-12(15-11)20-2)16-21(17,18)9-5-3-8(13)4-6-9/h3-7H,13H2,1-2H3,(H,14,15,16)/i3D,4D. The number of anilines is 2. The Morgan fingerprint density at radius 2 is 1.90 bits per heavy atom. The number of nitrogen functional groups attached to an aromatic ring is 1. The zero-order chi connectivity index (χ0) is 17.2. The molecule has 0 unspecified atom stereocenters. The fourth-order valence-electron chi connectivity index (χ4n) is 1.38. The van der Waals surface area contributed by atoms with Crippen molar-refractivity contribution in [3.63, 3.8) is 0 Å². The molecule has 9 heteroatoms. The lowest BCUT2D eigenvalue weighted by Gasteiger charge is -2.09. The van der Waals surface area contributed by atoms with E-state index in [2.05, 4.69) is 14.7 Å². The molecule has 0 aliphatic rings. The Labute approximate surface area is 124 Å². The molecule has 1 heterocycles. The summed E-state index contributed by atoms with van der Waals surface area (Å²) in [5.74, 6) is 0.0257. The number of sulfonamides is 1. The quantitative estimate of drug-likeness (QED) is 0.787.